The second-order valence-corrected chi connectivity index (χ2v) is 4.50. The van der Waals surface area contributed by atoms with Crippen molar-refractivity contribution in [3.8, 4) is 0 Å². The maximum atomic E-state index is 5.68. The zero-order chi connectivity index (χ0) is 11.1. The molecule has 0 aromatic heterocycles. The van der Waals surface area contributed by atoms with Gasteiger partial charge in [-0.15, -0.1) is 0 Å². The minimum absolute atomic E-state index is 0.0625. The van der Waals surface area contributed by atoms with Gasteiger partial charge in [-0.2, -0.15) is 0 Å². The lowest BCUT2D eigenvalue weighted by molar-refractivity contribution is 0.583. The summed E-state index contributed by atoms with van der Waals surface area (Å²) in [6.45, 7) is 2.25. The quantitative estimate of drug-likeness (QED) is 0.673. The molecule has 84 valence electrons. The standard InChI is InChI=1S/C11H18BrN3/c12-10-3-1-2-9(6-10)4-5-15-8-11(14)7-13/h1-3,6,11,15H,4-5,7-8,13-14H2. The van der Waals surface area contributed by atoms with Crippen LogP contribution in [0, 0.1) is 0 Å². The highest BCUT2D eigenvalue weighted by atomic mass is 79.9. The monoisotopic (exact) mass is 271 g/mol. The molecule has 0 aliphatic carbocycles. The van der Waals surface area contributed by atoms with Gasteiger partial charge in [-0.05, 0) is 30.7 Å². The molecule has 0 saturated carbocycles. The van der Waals surface area contributed by atoms with Crippen LogP contribution in [0.1, 0.15) is 5.56 Å². The molecule has 0 amide bonds. The highest BCUT2D eigenvalue weighted by Gasteiger charge is 1.98. The Morgan fingerprint density at radius 1 is 1.40 bits per heavy atom. The molecule has 0 aliphatic heterocycles. The van der Waals surface area contributed by atoms with Gasteiger partial charge in [-0.1, -0.05) is 28.1 Å². The minimum atomic E-state index is 0.0625. The first-order chi connectivity index (χ1) is 7.22. The van der Waals surface area contributed by atoms with Crippen LogP contribution in [0.4, 0.5) is 0 Å². The molecule has 0 heterocycles. The van der Waals surface area contributed by atoms with Crippen LogP contribution in [-0.4, -0.2) is 25.7 Å². The summed E-state index contributed by atoms with van der Waals surface area (Å²) in [5, 5.41) is 3.28. The Morgan fingerprint density at radius 3 is 2.87 bits per heavy atom. The number of nitrogens with one attached hydrogen (secondary N) is 1. The molecular weight excluding hydrogens is 254 g/mol. The molecular formula is C11H18BrN3. The van der Waals surface area contributed by atoms with E-state index in [1.54, 1.807) is 0 Å². The Bertz CT molecular complexity index is 291. The predicted octanol–water partition coefficient (Wildman–Crippen LogP) is 0.867. The van der Waals surface area contributed by atoms with Gasteiger partial charge in [0.15, 0.2) is 0 Å². The largest absolute Gasteiger partial charge is 0.329 e. The van der Waals surface area contributed by atoms with Crippen LogP contribution in [0.15, 0.2) is 28.7 Å². The third-order valence-electron chi connectivity index (χ3n) is 2.19. The van der Waals surface area contributed by atoms with E-state index in [4.69, 9.17) is 11.5 Å². The Kier molecular flexibility index (Phi) is 5.86. The fourth-order valence-corrected chi connectivity index (χ4v) is 1.74. The third-order valence-corrected chi connectivity index (χ3v) is 2.68. The smallest absolute Gasteiger partial charge is 0.0290 e. The zero-order valence-corrected chi connectivity index (χ0v) is 10.3. The van der Waals surface area contributed by atoms with Crippen molar-refractivity contribution in [1.29, 1.82) is 0 Å². The summed E-state index contributed by atoms with van der Waals surface area (Å²) < 4.78 is 1.12. The van der Waals surface area contributed by atoms with Gasteiger partial charge >= 0.3 is 0 Å². The number of rotatable bonds is 6. The summed E-state index contributed by atoms with van der Waals surface area (Å²) >= 11 is 3.45. The first-order valence-corrected chi connectivity index (χ1v) is 5.92. The fraction of sp³-hybridized carbons (Fsp3) is 0.455. The molecule has 3 nitrogen and oxygen atoms in total. The molecule has 0 fully saturated rings. The second kappa shape index (κ2) is 6.95. The number of nitrogens with two attached hydrogens (primary N) is 2. The lowest BCUT2D eigenvalue weighted by atomic mass is 10.1. The first kappa shape index (κ1) is 12.6. The Morgan fingerprint density at radius 2 is 2.20 bits per heavy atom. The van der Waals surface area contributed by atoms with E-state index in [2.05, 4.69) is 33.4 Å². The van der Waals surface area contributed by atoms with E-state index >= 15 is 0 Å². The van der Waals surface area contributed by atoms with Crippen molar-refractivity contribution in [3.05, 3.63) is 34.3 Å². The summed E-state index contributed by atoms with van der Waals surface area (Å²) in [5.74, 6) is 0. The van der Waals surface area contributed by atoms with Gasteiger partial charge in [0.25, 0.3) is 0 Å². The predicted molar refractivity (Wildman–Crippen MR) is 67.7 cm³/mol. The lowest BCUT2D eigenvalue weighted by Crippen LogP contribution is -2.40. The average Bonchev–Trinajstić information content (AvgIpc) is 2.24. The maximum absolute atomic E-state index is 5.68. The number of hydrogen-bond donors (Lipinski definition) is 3. The van der Waals surface area contributed by atoms with Gasteiger partial charge in [0.05, 0.1) is 0 Å². The van der Waals surface area contributed by atoms with Crippen molar-refractivity contribution in [2.24, 2.45) is 11.5 Å². The van der Waals surface area contributed by atoms with Crippen LogP contribution in [0.2, 0.25) is 0 Å². The van der Waals surface area contributed by atoms with Gasteiger partial charge in [0.1, 0.15) is 0 Å². The van der Waals surface area contributed by atoms with E-state index in [0.29, 0.717) is 6.54 Å². The van der Waals surface area contributed by atoms with Crippen LogP contribution in [0.5, 0.6) is 0 Å². The Balaban J connectivity index is 2.20. The van der Waals surface area contributed by atoms with Crippen molar-refractivity contribution >= 4 is 15.9 Å². The van der Waals surface area contributed by atoms with Crippen LogP contribution in [0.3, 0.4) is 0 Å². The lowest BCUT2D eigenvalue weighted by Gasteiger charge is -2.10. The molecule has 0 spiro atoms. The van der Waals surface area contributed by atoms with Crippen LogP contribution >= 0.6 is 15.9 Å². The second-order valence-electron chi connectivity index (χ2n) is 3.58. The Hall–Kier alpha value is -0.420. The van der Waals surface area contributed by atoms with E-state index in [0.717, 1.165) is 24.0 Å². The van der Waals surface area contributed by atoms with Gasteiger partial charge < -0.3 is 16.8 Å². The van der Waals surface area contributed by atoms with Crippen LogP contribution in [-0.2, 0) is 6.42 Å². The SMILES string of the molecule is NCC(N)CNCCc1cccc(Br)c1. The van der Waals surface area contributed by atoms with Crippen molar-refractivity contribution in [3.63, 3.8) is 0 Å². The van der Waals surface area contributed by atoms with Crippen molar-refractivity contribution in [1.82, 2.24) is 5.32 Å². The summed E-state index contributed by atoms with van der Waals surface area (Å²) in [6.07, 6.45) is 1.01. The van der Waals surface area contributed by atoms with E-state index < -0.39 is 0 Å². The van der Waals surface area contributed by atoms with E-state index in [1.807, 2.05) is 12.1 Å². The molecule has 1 rings (SSSR count). The average molecular weight is 272 g/mol. The summed E-state index contributed by atoms with van der Waals surface area (Å²) in [5.41, 5.74) is 12.4. The van der Waals surface area contributed by atoms with Crippen molar-refractivity contribution < 1.29 is 0 Å². The normalized spacial score (nSPS) is 12.7. The van der Waals surface area contributed by atoms with Gasteiger partial charge in [0, 0.05) is 23.6 Å². The van der Waals surface area contributed by atoms with E-state index in [1.165, 1.54) is 5.56 Å². The molecule has 0 radical (unpaired) electrons. The molecule has 15 heavy (non-hydrogen) atoms. The molecule has 5 N–H and O–H groups in total. The highest BCUT2D eigenvalue weighted by molar-refractivity contribution is 9.10. The molecule has 0 bridgehead atoms. The van der Waals surface area contributed by atoms with Gasteiger partial charge in [-0.25, -0.2) is 0 Å². The molecule has 4 heteroatoms. The maximum Gasteiger partial charge on any atom is 0.0290 e. The van der Waals surface area contributed by atoms with E-state index in [-0.39, 0.29) is 6.04 Å². The molecule has 0 aliphatic rings. The summed E-state index contributed by atoms with van der Waals surface area (Å²) in [4.78, 5) is 0. The summed E-state index contributed by atoms with van der Waals surface area (Å²) in [7, 11) is 0. The van der Waals surface area contributed by atoms with Crippen LogP contribution < -0.4 is 16.8 Å². The topological polar surface area (TPSA) is 64.1 Å². The van der Waals surface area contributed by atoms with Gasteiger partial charge in [-0.3, -0.25) is 0 Å². The molecule has 0 saturated heterocycles. The molecule has 1 aromatic rings. The first-order valence-electron chi connectivity index (χ1n) is 5.13. The van der Waals surface area contributed by atoms with Crippen molar-refractivity contribution in [2.45, 2.75) is 12.5 Å². The zero-order valence-electron chi connectivity index (χ0n) is 8.75. The molecule has 1 unspecified atom stereocenters. The van der Waals surface area contributed by atoms with Crippen LogP contribution in [0.25, 0.3) is 0 Å². The molecule has 1 atom stereocenters. The number of benzene rings is 1. The third kappa shape index (κ3) is 5.28. The van der Waals surface area contributed by atoms with E-state index in [9.17, 15) is 0 Å². The number of halogens is 1. The summed E-state index contributed by atoms with van der Waals surface area (Å²) in [6, 6.07) is 8.39. The Labute approximate surface area is 99.4 Å². The van der Waals surface area contributed by atoms with Crippen molar-refractivity contribution in [2.75, 3.05) is 19.6 Å². The number of hydrogen-bond acceptors (Lipinski definition) is 3. The molecule has 1 aromatic carbocycles. The highest BCUT2D eigenvalue weighted by Crippen LogP contribution is 2.11. The minimum Gasteiger partial charge on any atom is -0.329 e. The van der Waals surface area contributed by atoms with Gasteiger partial charge in [0.2, 0.25) is 0 Å². The fourth-order valence-electron chi connectivity index (χ4n) is 1.30.